The maximum atomic E-state index is 11.9. The van der Waals surface area contributed by atoms with Crippen LogP contribution < -0.4 is 0 Å². The molecule has 22 heavy (non-hydrogen) atoms. The molecule has 0 saturated carbocycles. The summed E-state index contributed by atoms with van der Waals surface area (Å²) in [4.78, 5) is 28.6. The molecule has 0 atom stereocenters. The van der Waals surface area contributed by atoms with Gasteiger partial charge in [-0.1, -0.05) is 24.3 Å². The smallest absolute Gasteiger partial charge is 0.363 e. The van der Waals surface area contributed by atoms with Crippen LogP contribution >= 0.6 is 11.3 Å². The zero-order valence-electron chi connectivity index (χ0n) is 11.6. The lowest BCUT2D eigenvalue weighted by Gasteiger charge is -2.03. The van der Waals surface area contributed by atoms with Gasteiger partial charge in [0.05, 0.1) is 17.6 Å². The maximum Gasteiger partial charge on any atom is 0.363 e. The molecule has 0 N–H and O–H groups in total. The van der Waals surface area contributed by atoms with Crippen LogP contribution in [-0.4, -0.2) is 24.9 Å². The molecule has 6 heteroatoms. The minimum Gasteiger partial charge on any atom is -0.465 e. The Balaban J connectivity index is 1.99. The van der Waals surface area contributed by atoms with Crippen LogP contribution in [0.2, 0.25) is 0 Å². The second-order valence-electron chi connectivity index (χ2n) is 4.39. The Kier molecular flexibility index (Phi) is 3.84. The second-order valence-corrected chi connectivity index (χ2v) is 5.34. The highest BCUT2D eigenvalue weighted by Gasteiger charge is 2.25. The topological polar surface area (TPSA) is 65.0 Å². The molecule has 0 aliphatic carbocycles. The van der Waals surface area contributed by atoms with Crippen molar-refractivity contribution in [1.82, 2.24) is 0 Å². The summed E-state index contributed by atoms with van der Waals surface area (Å²) in [5, 5.41) is 1.87. The van der Waals surface area contributed by atoms with Gasteiger partial charge in [-0.05, 0) is 29.2 Å². The Hall–Kier alpha value is -2.73. The summed E-state index contributed by atoms with van der Waals surface area (Å²) in [7, 11) is 1.31. The average molecular weight is 313 g/mol. The fraction of sp³-hybridized carbons (Fsp3) is 0.0625. The van der Waals surface area contributed by atoms with Crippen molar-refractivity contribution in [2.75, 3.05) is 7.11 Å². The molecule has 0 amide bonds. The lowest BCUT2D eigenvalue weighted by Crippen LogP contribution is -2.05. The molecule has 0 radical (unpaired) electrons. The molecule has 0 spiro atoms. The molecule has 0 bridgehead atoms. The molecule has 110 valence electrons. The molecule has 2 aromatic rings. The number of esters is 2. The Morgan fingerprint density at radius 3 is 2.82 bits per heavy atom. The van der Waals surface area contributed by atoms with E-state index in [-0.39, 0.29) is 11.6 Å². The van der Waals surface area contributed by atoms with Crippen molar-refractivity contribution in [2.45, 2.75) is 0 Å². The highest BCUT2D eigenvalue weighted by Crippen LogP contribution is 2.22. The summed E-state index contributed by atoms with van der Waals surface area (Å²) < 4.78 is 9.88. The van der Waals surface area contributed by atoms with Gasteiger partial charge < -0.3 is 9.47 Å². The largest absolute Gasteiger partial charge is 0.465 e. The third-order valence-corrected chi connectivity index (χ3v) is 3.87. The van der Waals surface area contributed by atoms with Crippen molar-refractivity contribution in [3.63, 3.8) is 0 Å². The molecule has 0 saturated heterocycles. The number of rotatable bonds is 3. The molecule has 3 rings (SSSR count). The lowest BCUT2D eigenvalue weighted by molar-refractivity contribution is -0.129. The normalized spacial score (nSPS) is 15.6. The number of nitrogens with zero attached hydrogens (tertiary/aromatic N) is 1. The minimum absolute atomic E-state index is 0.153. The van der Waals surface area contributed by atoms with Crippen LogP contribution in [0.3, 0.4) is 0 Å². The van der Waals surface area contributed by atoms with E-state index in [9.17, 15) is 9.59 Å². The number of thiophene rings is 1. The lowest BCUT2D eigenvalue weighted by atomic mass is 10.1. The van der Waals surface area contributed by atoms with Gasteiger partial charge in [-0.25, -0.2) is 14.6 Å². The Labute approximate surface area is 130 Å². The van der Waals surface area contributed by atoms with Crippen LogP contribution in [0.1, 0.15) is 20.8 Å². The number of hydrogen-bond acceptors (Lipinski definition) is 6. The summed E-state index contributed by atoms with van der Waals surface area (Å²) in [5.74, 6) is -0.730. The number of benzene rings is 1. The molecular weight excluding hydrogens is 302 g/mol. The van der Waals surface area contributed by atoms with Gasteiger partial charge in [-0.3, -0.25) is 0 Å². The fourth-order valence-electron chi connectivity index (χ4n) is 1.98. The first-order chi connectivity index (χ1) is 10.7. The van der Waals surface area contributed by atoms with E-state index in [1.54, 1.807) is 24.3 Å². The van der Waals surface area contributed by atoms with Crippen molar-refractivity contribution in [2.24, 2.45) is 4.99 Å². The van der Waals surface area contributed by atoms with Crippen molar-refractivity contribution < 1.29 is 19.1 Å². The summed E-state index contributed by atoms with van der Waals surface area (Å²) in [5.41, 5.74) is 1.07. The Bertz CT molecular complexity index is 790. The Morgan fingerprint density at radius 1 is 1.27 bits per heavy atom. The van der Waals surface area contributed by atoms with Gasteiger partial charge in [0.1, 0.15) is 0 Å². The highest BCUT2D eigenvalue weighted by molar-refractivity contribution is 7.12. The van der Waals surface area contributed by atoms with Crippen LogP contribution in [0.5, 0.6) is 0 Å². The van der Waals surface area contributed by atoms with Crippen LogP contribution in [0.15, 0.2) is 52.5 Å². The summed E-state index contributed by atoms with van der Waals surface area (Å²) in [6, 6.07) is 10.5. The van der Waals surface area contributed by atoms with Gasteiger partial charge in [0.2, 0.25) is 5.90 Å². The first-order valence-electron chi connectivity index (χ1n) is 6.43. The molecule has 1 aliphatic rings. The highest BCUT2D eigenvalue weighted by atomic mass is 32.1. The predicted molar refractivity (Wildman–Crippen MR) is 82.7 cm³/mol. The van der Waals surface area contributed by atoms with E-state index < -0.39 is 11.9 Å². The van der Waals surface area contributed by atoms with E-state index in [4.69, 9.17) is 9.47 Å². The molecule has 1 aromatic heterocycles. The van der Waals surface area contributed by atoms with Crippen molar-refractivity contribution in [3.05, 3.63) is 63.5 Å². The van der Waals surface area contributed by atoms with E-state index in [1.165, 1.54) is 24.5 Å². The van der Waals surface area contributed by atoms with Gasteiger partial charge in [0, 0.05) is 0 Å². The monoisotopic (exact) mass is 313 g/mol. The third-order valence-electron chi connectivity index (χ3n) is 3.01. The van der Waals surface area contributed by atoms with Crippen LogP contribution in [0, 0.1) is 0 Å². The first-order valence-corrected chi connectivity index (χ1v) is 7.31. The van der Waals surface area contributed by atoms with Gasteiger partial charge >= 0.3 is 11.9 Å². The molecule has 5 nitrogen and oxygen atoms in total. The van der Waals surface area contributed by atoms with Crippen LogP contribution in [-0.2, 0) is 14.3 Å². The van der Waals surface area contributed by atoms with Crippen LogP contribution in [0.4, 0.5) is 0 Å². The number of carbonyl (C=O) groups excluding carboxylic acids is 2. The van der Waals surface area contributed by atoms with Crippen molar-refractivity contribution in [1.29, 1.82) is 0 Å². The van der Waals surface area contributed by atoms with E-state index in [0.717, 1.165) is 4.88 Å². The number of carbonyl (C=O) groups is 2. The Morgan fingerprint density at radius 2 is 2.09 bits per heavy atom. The molecular formula is C16H11NO4S. The predicted octanol–water partition coefficient (Wildman–Crippen LogP) is 2.88. The summed E-state index contributed by atoms with van der Waals surface area (Å²) in [6.45, 7) is 0. The number of cyclic esters (lactones) is 1. The summed E-state index contributed by atoms with van der Waals surface area (Å²) >= 11 is 1.43. The van der Waals surface area contributed by atoms with E-state index in [1.807, 2.05) is 17.5 Å². The van der Waals surface area contributed by atoms with Gasteiger partial charge in [-0.15, -0.1) is 11.3 Å². The van der Waals surface area contributed by atoms with E-state index in [0.29, 0.717) is 11.1 Å². The van der Waals surface area contributed by atoms with Gasteiger partial charge in [0.25, 0.3) is 0 Å². The van der Waals surface area contributed by atoms with E-state index in [2.05, 4.69) is 4.99 Å². The SMILES string of the molecule is COC(=O)c1ccccc1C=C1N=C(c2cccs2)OC1=O. The average Bonchev–Trinajstić information content (AvgIpc) is 3.17. The van der Waals surface area contributed by atoms with E-state index >= 15 is 0 Å². The molecule has 0 unspecified atom stereocenters. The zero-order chi connectivity index (χ0) is 15.5. The quantitative estimate of drug-likeness (QED) is 0.645. The van der Waals surface area contributed by atoms with Crippen LogP contribution in [0.25, 0.3) is 6.08 Å². The fourth-order valence-corrected chi connectivity index (χ4v) is 2.63. The number of aliphatic imine (C=N–C) groups is 1. The van der Waals surface area contributed by atoms with Gasteiger partial charge in [-0.2, -0.15) is 0 Å². The molecule has 1 aromatic carbocycles. The molecule has 0 fully saturated rings. The third kappa shape index (κ3) is 2.68. The minimum atomic E-state index is -0.539. The molecule has 1 aliphatic heterocycles. The first kappa shape index (κ1) is 14.2. The standard InChI is InChI=1S/C16H11NO4S/c1-20-15(18)11-6-3-2-5-10(11)9-12-16(19)21-14(17-12)13-7-4-8-22-13/h2-9H,1H3. The van der Waals surface area contributed by atoms with Gasteiger partial charge in [0.15, 0.2) is 5.70 Å². The maximum absolute atomic E-state index is 11.9. The zero-order valence-corrected chi connectivity index (χ0v) is 12.4. The molecule has 2 heterocycles. The van der Waals surface area contributed by atoms with Crippen molar-refractivity contribution >= 4 is 35.2 Å². The number of hydrogen-bond donors (Lipinski definition) is 0. The second kappa shape index (κ2) is 5.95. The summed E-state index contributed by atoms with van der Waals surface area (Å²) in [6.07, 6.45) is 1.52. The number of ether oxygens (including phenoxy) is 2. The number of methoxy groups -OCH3 is 1. The van der Waals surface area contributed by atoms with Crippen molar-refractivity contribution in [3.8, 4) is 0 Å².